The molecule has 0 N–H and O–H groups in total. The summed E-state index contributed by atoms with van der Waals surface area (Å²) < 4.78 is 5.83. The fourth-order valence-corrected chi connectivity index (χ4v) is 2.13. The van der Waals surface area contributed by atoms with E-state index in [1.165, 1.54) is 7.11 Å². The van der Waals surface area contributed by atoms with E-state index < -0.39 is 5.41 Å². The maximum atomic E-state index is 11.6. The van der Waals surface area contributed by atoms with Crippen LogP contribution in [0.3, 0.4) is 0 Å². The molecule has 0 aliphatic heterocycles. The molecule has 0 bridgehead atoms. The van der Waals surface area contributed by atoms with Gasteiger partial charge in [-0.25, -0.2) is 0 Å². The van der Waals surface area contributed by atoms with Gasteiger partial charge in [0.15, 0.2) is 0 Å². The van der Waals surface area contributed by atoms with Crippen LogP contribution >= 0.6 is 15.9 Å². The number of hydrogen-bond donors (Lipinski definition) is 0. The minimum Gasteiger partial charge on any atom is -0.469 e. The number of esters is 1. The lowest BCUT2D eigenvalue weighted by atomic mass is 9.93. The molecule has 3 nitrogen and oxygen atoms in total. The van der Waals surface area contributed by atoms with Crippen molar-refractivity contribution >= 4 is 27.6 Å². The maximum absolute atomic E-state index is 11.6. The van der Waals surface area contributed by atoms with E-state index in [0.29, 0.717) is 6.54 Å². The molecule has 0 unspecified atom stereocenters. The molecule has 0 radical (unpaired) electrons. The Morgan fingerprint density at radius 2 is 2.12 bits per heavy atom. The van der Waals surface area contributed by atoms with Gasteiger partial charge in [-0.15, -0.1) is 0 Å². The SMILES string of the molecule is COC(=O)C(C)(C)CN(C)c1cccc(Br)c1. The van der Waals surface area contributed by atoms with E-state index in [1.54, 1.807) is 0 Å². The minimum absolute atomic E-state index is 0.195. The van der Waals surface area contributed by atoms with Crippen molar-refractivity contribution < 1.29 is 9.53 Å². The molecule has 1 aromatic rings. The van der Waals surface area contributed by atoms with Crippen LogP contribution in [0.25, 0.3) is 0 Å². The molecule has 94 valence electrons. The number of carbonyl (C=O) groups is 1. The summed E-state index contributed by atoms with van der Waals surface area (Å²) in [5.41, 5.74) is 0.544. The second-order valence-corrected chi connectivity index (χ2v) is 5.63. The molecule has 0 fully saturated rings. The first-order valence-corrected chi connectivity index (χ1v) is 6.21. The maximum Gasteiger partial charge on any atom is 0.313 e. The Morgan fingerprint density at radius 3 is 2.65 bits per heavy atom. The third kappa shape index (κ3) is 3.73. The fourth-order valence-electron chi connectivity index (χ4n) is 1.74. The molecule has 0 aliphatic carbocycles. The summed E-state index contributed by atoms with van der Waals surface area (Å²) in [5.74, 6) is -0.195. The predicted molar refractivity (Wildman–Crippen MR) is 73.2 cm³/mol. The first-order valence-electron chi connectivity index (χ1n) is 5.42. The number of ether oxygens (including phenoxy) is 1. The van der Waals surface area contributed by atoms with Crippen LogP contribution in [-0.4, -0.2) is 26.7 Å². The molecule has 17 heavy (non-hydrogen) atoms. The standard InChI is InChI=1S/C13H18BrNO2/c1-13(2,12(16)17-4)9-15(3)11-7-5-6-10(14)8-11/h5-8H,9H2,1-4H3. The van der Waals surface area contributed by atoms with E-state index in [0.717, 1.165) is 10.2 Å². The average Bonchev–Trinajstić information content (AvgIpc) is 2.27. The summed E-state index contributed by atoms with van der Waals surface area (Å²) in [6.07, 6.45) is 0. The third-order valence-electron chi connectivity index (χ3n) is 2.62. The van der Waals surface area contributed by atoms with Gasteiger partial charge in [-0.05, 0) is 32.0 Å². The summed E-state index contributed by atoms with van der Waals surface area (Å²) >= 11 is 3.43. The van der Waals surface area contributed by atoms with Crippen molar-refractivity contribution in [2.45, 2.75) is 13.8 Å². The van der Waals surface area contributed by atoms with Crippen LogP contribution < -0.4 is 4.90 Å². The number of hydrogen-bond acceptors (Lipinski definition) is 3. The Kier molecular flexibility index (Phi) is 4.57. The Hall–Kier alpha value is -1.03. The molecule has 1 aromatic carbocycles. The Labute approximate surface area is 111 Å². The topological polar surface area (TPSA) is 29.5 Å². The second kappa shape index (κ2) is 5.54. The van der Waals surface area contributed by atoms with E-state index in [-0.39, 0.29) is 5.97 Å². The molecular weight excluding hydrogens is 282 g/mol. The minimum atomic E-state index is -0.522. The molecule has 0 aromatic heterocycles. The zero-order chi connectivity index (χ0) is 13.1. The van der Waals surface area contributed by atoms with Gasteiger partial charge < -0.3 is 9.64 Å². The Morgan fingerprint density at radius 1 is 1.47 bits per heavy atom. The molecule has 1 rings (SSSR count). The second-order valence-electron chi connectivity index (χ2n) is 4.71. The van der Waals surface area contributed by atoms with Gasteiger partial charge in [-0.3, -0.25) is 4.79 Å². The lowest BCUT2D eigenvalue weighted by molar-refractivity contribution is -0.150. The van der Waals surface area contributed by atoms with Gasteiger partial charge >= 0.3 is 5.97 Å². The van der Waals surface area contributed by atoms with Gasteiger partial charge in [0.1, 0.15) is 0 Å². The van der Waals surface area contributed by atoms with E-state index in [1.807, 2.05) is 50.1 Å². The van der Waals surface area contributed by atoms with Crippen LogP contribution in [0.15, 0.2) is 28.7 Å². The van der Waals surface area contributed by atoms with Gasteiger partial charge in [0.05, 0.1) is 12.5 Å². The van der Waals surface area contributed by atoms with Crippen molar-refractivity contribution in [2.24, 2.45) is 5.41 Å². The summed E-state index contributed by atoms with van der Waals surface area (Å²) in [6.45, 7) is 4.37. The highest BCUT2D eigenvalue weighted by Crippen LogP contribution is 2.24. The number of benzene rings is 1. The lowest BCUT2D eigenvalue weighted by Gasteiger charge is -2.29. The van der Waals surface area contributed by atoms with E-state index in [4.69, 9.17) is 4.74 Å². The van der Waals surface area contributed by atoms with E-state index >= 15 is 0 Å². The fraction of sp³-hybridized carbons (Fsp3) is 0.462. The van der Waals surface area contributed by atoms with Crippen molar-refractivity contribution in [3.8, 4) is 0 Å². The smallest absolute Gasteiger partial charge is 0.313 e. The predicted octanol–water partition coefficient (Wildman–Crippen LogP) is 3.08. The van der Waals surface area contributed by atoms with Gasteiger partial charge in [-0.1, -0.05) is 22.0 Å². The van der Waals surface area contributed by atoms with Crippen LogP contribution in [0.5, 0.6) is 0 Å². The van der Waals surface area contributed by atoms with Crippen LogP contribution in [0.4, 0.5) is 5.69 Å². The largest absolute Gasteiger partial charge is 0.469 e. The van der Waals surface area contributed by atoms with Crippen LogP contribution in [0, 0.1) is 5.41 Å². The first kappa shape index (κ1) is 14.0. The van der Waals surface area contributed by atoms with E-state index in [2.05, 4.69) is 15.9 Å². The number of halogens is 1. The van der Waals surface area contributed by atoms with Gasteiger partial charge in [-0.2, -0.15) is 0 Å². The molecule has 4 heteroatoms. The molecule has 0 heterocycles. The van der Waals surface area contributed by atoms with Crippen LogP contribution in [0.1, 0.15) is 13.8 Å². The first-order chi connectivity index (χ1) is 7.86. The van der Waals surface area contributed by atoms with Crippen molar-refractivity contribution in [2.75, 3.05) is 25.6 Å². The molecule has 0 aliphatic rings. The van der Waals surface area contributed by atoms with Crippen LogP contribution in [-0.2, 0) is 9.53 Å². The Bertz CT molecular complexity index is 404. The average molecular weight is 300 g/mol. The molecule has 0 saturated heterocycles. The molecule has 0 spiro atoms. The highest BCUT2D eigenvalue weighted by Gasteiger charge is 2.30. The number of methoxy groups -OCH3 is 1. The quantitative estimate of drug-likeness (QED) is 0.800. The summed E-state index contributed by atoms with van der Waals surface area (Å²) in [6, 6.07) is 7.98. The summed E-state index contributed by atoms with van der Waals surface area (Å²) in [7, 11) is 3.38. The summed E-state index contributed by atoms with van der Waals surface area (Å²) in [4.78, 5) is 13.7. The third-order valence-corrected chi connectivity index (χ3v) is 3.11. The van der Waals surface area contributed by atoms with Crippen molar-refractivity contribution in [1.82, 2.24) is 0 Å². The molecule has 0 amide bonds. The molecule has 0 atom stereocenters. The monoisotopic (exact) mass is 299 g/mol. The van der Waals surface area contributed by atoms with Gasteiger partial charge in [0, 0.05) is 23.8 Å². The van der Waals surface area contributed by atoms with Crippen molar-refractivity contribution in [3.63, 3.8) is 0 Å². The molecule has 0 saturated carbocycles. The highest BCUT2D eigenvalue weighted by molar-refractivity contribution is 9.10. The van der Waals surface area contributed by atoms with Crippen molar-refractivity contribution in [1.29, 1.82) is 0 Å². The number of nitrogens with zero attached hydrogens (tertiary/aromatic N) is 1. The molecular formula is C13H18BrNO2. The zero-order valence-electron chi connectivity index (χ0n) is 10.7. The number of rotatable bonds is 4. The van der Waals surface area contributed by atoms with Gasteiger partial charge in [0.25, 0.3) is 0 Å². The lowest BCUT2D eigenvalue weighted by Crippen LogP contribution is -2.38. The number of anilines is 1. The summed E-state index contributed by atoms with van der Waals surface area (Å²) in [5, 5.41) is 0. The zero-order valence-corrected chi connectivity index (χ0v) is 12.2. The Balaban J connectivity index is 2.79. The number of carbonyl (C=O) groups excluding carboxylic acids is 1. The highest BCUT2D eigenvalue weighted by atomic mass is 79.9. The van der Waals surface area contributed by atoms with E-state index in [9.17, 15) is 4.79 Å². The van der Waals surface area contributed by atoms with Crippen molar-refractivity contribution in [3.05, 3.63) is 28.7 Å². The normalized spacial score (nSPS) is 11.1. The van der Waals surface area contributed by atoms with Gasteiger partial charge in [0.2, 0.25) is 0 Å². The van der Waals surface area contributed by atoms with Crippen LogP contribution in [0.2, 0.25) is 0 Å².